The third-order valence-electron chi connectivity index (χ3n) is 4.60. The molecule has 1 N–H and O–H groups in total. The molecule has 0 aliphatic heterocycles. The number of benzene rings is 1. The van der Waals surface area contributed by atoms with E-state index in [0.29, 0.717) is 17.6 Å². The van der Waals surface area contributed by atoms with E-state index in [2.05, 4.69) is 15.3 Å². The molecule has 0 saturated heterocycles. The first-order valence-electron chi connectivity index (χ1n) is 8.67. The maximum Gasteiger partial charge on any atom is 0.318 e. The second-order valence-corrected chi connectivity index (χ2v) is 6.70. The van der Waals surface area contributed by atoms with Crippen molar-refractivity contribution in [1.82, 2.24) is 9.97 Å². The smallest absolute Gasteiger partial charge is 0.318 e. The van der Waals surface area contributed by atoms with Gasteiger partial charge in [0.1, 0.15) is 5.41 Å². The fourth-order valence-electron chi connectivity index (χ4n) is 3.37. The summed E-state index contributed by atoms with van der Waals surface area (Å²) in [6.45, 7) is 2.21. The molecule has 0 bridgehead atoms. The van der Waals surface area contributed by atoms with Gasteiger partial charge in [0.15, 0.2) is 0 Å². The molecule has 0 radical (unpaired) electrons. The van der Waals surface area contributed by atoms with Crippen molar-refractivity contribution >= 4 is 29.2 Å². The molecule has 1 aliphatic carbocycles. The zero-order chi connectivity index (χ0) is 17.7. The van der Waals surface area contributed by atoms with Crippen LogP contribution >= 0.6 is 11.6 Å². The molecule has 1 aromatic carbocycles. The summed E-state index contributed by atoms with van der Waals surface area (Å²) in [5.74, 6) is 0.274. The van der Waals surface area contributed by atoms with Crippen LogP contribution in [0.25, 0.3) is 0 Å². The van der Waals surface area contributed by atoms with Crippen LogP contribution in [0.4, 0.5) is 11.6 Å². The van der Waals surface area contributed by atoms with Gasteiger partial charge in [0.25, 0.3) is 0 Å². The van der Waals surface area contributed by atoms with Gasteiger partial charge in [-0.3, -0.25) is 4.79 Å². The molecule has 1 heterocycles. The molecule has 25 heavy (non-hydrogen) atoms. The van der Waals surface area contributed by atoms with E-state index in [1.165, 1.54) is 0 Å². The second-order valence-electron chi connectivity index (χ2n) is 6.26. The third kappa shape index (κ3) is 3.93. The van der Waals surface area contributed by atoms with Crippen molar-refractivity contribution in [3.8, 4) is 0 Å². The number of halogens is 1. The highest BCUT2D eigenvalue weighted by Crippen LogP contribution is 2.40. The van der Waals surface area contributed by atoms with Gasteiger partial charge in [-0.1, -0.05) is 36.9 Å². The molecule has 3 rings (SSSR count). The van der Waals surface area contributed by atoms with Crippen LogP contribution in [0, 0.1) is 0 Å². The van der Waals surface area contributed by atoms with E-state index in [1.54, 1.807) is 12.3 Å². The van der Waals surface area contributed by atoms with Gasteiger partial charge in [-0.15, -0.1) is 0 Å². The maximum atomic E-state index is 12.7. The lowest BCUT2D eigenvalue weighted by Crippen LogP contribution is -2.40. The Hall–Kier alpha value is -2.14. The Kier molecular flexibility index (Phi) is 5.53. The first-order chi connectivity index (χ1) is 12.1. The van der Waals surface area contributed by atoms with E-state index in [1.807, 2.05) is 31.2 Å². The number of rotatable bonds is 5. The topological polar surface area (TPSA) is 64.1 Å². The van der Waals surface area contributed by atoms with Gasteiger partial charge in [-0.2, -0.15) is 0 Å². The lowest BCUT2D eigenvalue weighted by atomic mass is 9.71. The summed E-state index contributed by atoms with van der Waals surface area (Å²) in [6.07, 6.45) is 6.35. The monoisotopic (exact) mass is 359 g/mol. The van der Waals surface area contributed by atoms with Crippen molar-refractivity contribution in [2.24, 2.45) is 0 Å². The van der Waals surface area contributed by atoms with Gasteiger partial charge in [0.05, 0.1) is 12.3 Å². The van der Waals surface area contributed by atoms with Crippen LogP contribution in [0.5, 0.6) is 0 Å². The molecule has 2 aromatic rings. The van der Waals surface area contributed by atoms with E-state index in [0.717, 1.165) is 43.5 Å². The summed E-state index contributed by atoms with van der Waals surface area (Å²) >= 11 is 6.02. The Morgan fingerprint density at radius 2 is 2.08 bits per heavy atom. The fraction of sp³-hybridized carbons (Fsp3) is 0.421. The predicted molar refractivity (Wildman–Crippen MR) is 98.2 cm³/mol. The largest absolute Gasteiger partial charge is 0.465 e. The highest BCUT2D eigenvalue weighted by molar-refractivity contribution is 6.30. The highest BCUT2D eigenvalue weighted by Gasteiger charge is 2.44. The molecule has 6 heteroatoms. The van der Waals surface area contributed by atoms with Crippen LogP contribution in [-0.2, 0) is 14.9 Å². The zero-order valence-corrected chi connectivity index (χ0v) is 15.1. The van der Waals surface area contributed by atoms with Crippen LogP contribution in [0.2, 0.25) is 5.02 Å². The molecule has 0 amide bonds. The van der Waals surface area contributed by atoms with Crippen LogP contribution < -0.4 is 5.32 Å². The van der Waals surface area contributed by atoms with Crippen molar-refractivity contribution in [1.29, 1.82) is 0 Å². The van der Waals surface area contributed by atoms with Gasteiger partial charge in [0, 0.05) is 16.9 Å². The second kappa shape index (κ2) is 7.83. The lowest BCUT2D eigenvalue weighted by molar-refractivity contribution is -0.151. The van der Waals surface area contributed by atoms with Crippen LogP contribution in [0.3, 0.4) is 0 Å². The fourth-order valence-corrected chi connectivity index (χ4v) is 3.56. The number of anilines is 2. The van der Waals surface area contributed by atoms with Crippen molar-refractivity contribution in [2.75, 3.05) is 11.9 Å². The molecule has 0 unspecified atom stereocenters. The number of carbonyl (C=O) groups excluding carboxylic acids is 1. The molecule has 1 aliphatic rings. The molecule has 0 spiro atoms. The summed E-state index contributed by atoms with van der Waals surface area (Å²) < 4.78 is 5.38. The van der Waals surface area contributed by atoms with Crippen LogP contribution in [0.15, 0.2) is 36.5 Å². The average molecular weight is 360 g/mol. The molecule has 1 fully saturated rings. The Bertz CT molecular complexity index is 745. The zero-order valence-electron chi connectivity index (χ0n) is 14.3. The summed E-state index contributed by atoms with van der Waals surface area (Å²) in [5, 5.41) is 3.79. The average Bonchev–Trinajstić information content (AvgIpc) is 2.63. The Balaban J connectivity index is 1.91. The number of carbonyl (C=O) groups is 1. The van der Waals surface area contributed by atoms with Crippen LogP contribution in [-0.4, -0.2) is 22.5 Å². The summed E-state index contributed by atoms with van der Waals surface area (Å²) in [6, 6.07) is 9.19. The molecular weight excluding hydrogens is 338 g/mol. The standard InChI is InChI=1S/C19H22ClN3O2/c1-2-25-17(24)19(10-4-3-5-11-19)16-9-12-21-18(23-16)22-15-8-6-7-14(20)13-15/h6-9,12-13H,2-5,10-11H2,1H3,(H,21,22,23). The summed E-state index contributed by atoms with van der Waals surface area (Å²) in [7, 11) is 0. The summed E-state index contributed by atoms with van der Waals surface area (Å²) in [5.41, 5.74) is 0.866. The lowest BCUT2D eigenvalue weighted by Gasteiger charge is -2.34. The van der Waals surface area contributed by atoms with Gasteiger partial charge < -0.3 is 10.1 Å². The first-order valence-corrected chi connectivity index (χ1v) is 9.05. The van der Waals surface area contributed by atoms with Crippen molar-refractivity contribution in [3.63, 3.8) is 0 Å². The van der Waals surface area contributed by atoms with Crippen molar-refractivity contribution < 1.29 is 9.53 Å². The van der Waals surface area contributed by atoms with E-state index >= 15 is 0 Å². The Morgan fingerprint density at radius 1 is 1.28 bits per heavy atom. The number of nitrogens with one attached hydrogen (secondary N) is 1. The minimum absolute atomic E-state index is 0.179. The summed E-state index contributed by atoms with van der Waals surface area (Å²) in [4.78, 5) is 21.6. The van der Waals surface area contributed by atoms with Gasteiger partial charge >= 0.3 is 5.97 Å². The molecule has 1 aromatic heterocycles. The Morgan fingerprint density at radius 3 is 2.80 bits per heavy atom. The quantitative estimate of drug-likeness (QED) is 0.788. The number of ether oxygens (including phenoxy) is 1. The molecule has 1 saturated carbocycles. The van der Waals surface area contributed by atoms with E-state index in [-0.39, 0.29) is 5.97 Å². The minimum Gasteiger partial charge on any atom is -0.465 e. The third-order valence-corrected chi connectivity index (χ3v) is 4.84. The first kappa shape index (κ1) is 17.7. The number of hydrogen-bond acceptors (Lipinski definition) is 5. The minimum atomic E-state index is -0.665. The van der Waals surface area contributed by atoms with Crippen molar-refractivity contribution in [2.45, 2.75) is 44.4 Å². The van der Waals surface area contributed by atoms with E-state index < -0.39 is 5.41 Å². The maximum absolute atomic E-state index is 12.7. The molecular formula is C19H22ClN3O2. The molecule has 5 nitrogen and oxygen atoms in total. The highest BCUT2D eigenvalue weighted by atomic mass is 35.5. The predicted octanol–water partition coefficient (Wildman–Crippen LogP) is 4.64. The van der Waals surface area contributed by atoms with E-state index in [9.17, 15) is 4.79 Å². The van der Waals surface area contributed by atoms with Crippen molar-refractivity contribution in [3.05, 3.63) is 47.2 Å². The number of aromatic nitrogens is 2. The normalized spacial score (nSPS) is 16.2. The van der Waals surface area contributed by atoms with Gasteiger partial charge in [-0.25, -0.2) is 9.97 Å². The van der Waals surface area contributed by atoms with E-state index in [4.69, 9.17) is 16.3 Å². The number of hydrogen-bond donors (Lipinski definition) is 1. The van der Waals surface area contributed by atoms with Gasteiger partial charge in [0.2, 0.25) is 5.95 Å². The molecule has 132 valence electrons. The van der Waals surface area contributed by atoms with Crippen LogP contribution in [0.1, 0.15) is 44.7 Å². The number of nitrogens with zero attached hydrogens (tertiary/aromatic N) is 2. The SMILES string of the molecule is CCOC(=O)C1(c2ccnc(Nc3cccc(Cl)c3)n2)CCCCC1. The Labute approximate surface area is 152 Å². The number of esters is 1. The van der Waals surface area contributed by atoms with Gasteiger partial charge in [-0.05, 0) is 44.0 Å². The molecule has 0 atom stereocenters.